The van der Waals surface area contributed by atoms with Crippen LogP contribution in [0.25, 0.3) is 0 Å². The molecule has 0 fully saturated rings. The number of hydrogen-bond acceptors (Lipinski definition) is 5. The first-order chi connectivity index (χ1) is 9.28. The highest BCUT2D eigenvalue weighted by molar-refractivity contribution is 5.82. The van der Waals surface area contributed by atoms with Crippen molar-refractivity contribution in [3.63, 3.8) is 0 Å². The molecular weight excluding hydrogens is 258 g/mol. The Morgan fingerprint density at radius 1 is 1.20 bits per heavy atom. The minimum atomic E-state index is -1.00. The molecule has 0 heterocycles. The van der Waals surface area contributed by atoms with Gasteiger partial charge in [-0.2, -0.15) is 0 Å². The summed E-state index contributed by atoms with van der Waals surface area (Å²) in [5.74, 6) is -1.12. The van der Waals surface area contributed by atoms with E-state index in [9.17, 15) is 9.59 Å². The molecule has 0 radical (unpaired) electrons. The minimum absolute atomic E-state index is 0.167. The van der Waals surface area contributed by atoms with Crippen LogP contribution in [0, 0.1) is 0 Å². The first-order valence-corrected chi connectivity index (χ1v) is 6.46. The predicted molar refractivity (Wildman–Crippen MR) is 74.7 cm³/mol. The minimum Gasteiger partial charge on any atom is -0.461 e. The molecule has 5 nitrogen and oxygen atoms in total. The van der Waals surface area contributed by atoms with E-state index in [0.717, 1.165) is 5.56 Å². The van der Waals surface area contributed by atoms with Gasteiger partial charge in [-0.05, 0) is 26.3 Å². The average Bonchev–Trinajstić information content (AvgIpc) is 2.35. The van der Waals surface area contributed by atoms with Crippen LogP contribution in [0.5, 0.6) is 0 Å². The summed E-state index contributed by atoms with van der Waals surface area (Å²) in [6.07, 6.45) is -0.193. The summed E-state index contributed by atoms with van der Waals surface area (Å²) in [6, 6.07) is 8.29. The molecule has 0 unspecified atom stereocenters. The molecule has 20 heavy (non-hydrogen) atoms. The van der Waals surface area contributed by atoms with Gasteiger partial charge in [-0.3, -0.25) is 9.59 Å². The van der Waals surface area contributed by atoms with Gasteiger partial charge in [-0.15, -0.1) is 0 Å². The number of nitrogens with two attached hydrogens (primary N) is 1. The van der Waals surface area contributed by atoms with Gasteiger partial charge < -0.3 is 15.2 Å². The summed E-state index contributed by atoms with van der Waals surface area (Å²) < 4.78 is 10.1. The highest BCUT2D eigenvalue weighted by Crippen LogP contribution is 2.09. The molecule has 0 aliphatic rings. The summed E-state index contributed by atoms with van der Waals surface area (Å²) in [5, 5.41) is 0. The molecule has 0 aromatic heterocycles. The van der Waals surface area contributed by atoms with E-state index in [1.54, 1.807) is 20.8 Å². The third-order valence-corrected chi connectivity index (χ3v) is 2.34. The second-order valence-corrected chi connectivity index (χ2v) is 5.49. The second kappa shape index (κ2) is 7.05. The van der Waals surface area contributed by atoms with Crippen molar-refractivity contribution in [2.24, 2.45) is 5.73 Å². The van der Waals surface area contributed by atoms with Crippen molar-refractivity contribution in [2.75, 3.05) is 0 Å². The predicted octanol–water partition coefficient (Wildman–Crippen LogP) is 1.79. The molecule has 0 bridgehead atoms. The van der Waals surface area contributed by atoms with Crippen molar-refractivity contribution < 1.29 is 19.1 Å². The monoisotopic (exact) mass is 279 g/mol. The Labute approximate surface area is 119 Å². The van der Waals surface area contributed by atoms with Gasteiger partial charge in [0.2, 0.25) is 0 Å². The highest BCUT2D eigenvalue weighted by Gasteiger charge is 2.24. The smallest absolute Gasteiger partial charge is 0.324 e. The molecule has 1 aromatic carbocycles. The number of ether oxygens (including phenoxy) is 2. The molecule has 5 heteroatoms. The Kier molecular flexibility index (Phi) is 5.70. The Hall–Kier alpha value is -1.88. The lowest BCUT2D eigenvalue weighted by atomic mass is 10.1. The van der Waals surface area contributed by atoms with E-state index in [4.69, 9.17) is 15.2 Å². The number of hydrogen-bond donors (Lipinski definition) is 1. The Morgan fingerprint density at radius 3 is 2.35 bits per heavy atom. The fourth-order valence-corrected chi connectivity index (χ4v) is 1.44. The van der Waals surface area contributed by atoms with Crippen LogP contribution in [-0.4, -0.2) is 23.6 Å². The summed E-state index contributed by atoms with van der Waals surface area (Å²) in [5.41, 5.74) is 5.88. The van der Waals surface area contributed by atoms with Crippen LogP contribution in [0.3, 0.4) is 0 Å². The third kappa shape index (κ3) is 6.33. The lowest BCUT2D eigenvalue weighted by Gasteiger charge is -2.21. The molecule has 0 spiro atoms. The highest BCUT2D eigenvalue weighted by atomic mass is 16.6. The molecule has 0 saturated heterocycles. The van der Waals surface area contributed by atoms with Gasteiger partial charge in [-0.1, -0.05) is 30.3 Å². The van der Waals surface area contributed by atoms with Crippen LogP contribution in [0.15, 0.2) is 30.3 Å². The lowest BCUT2D eigenvalue weighted by molar-refractivity contribution is -0.160. The number of rotatable bonds is 5. The van der Waals surface area contributed by atoms with Crippen molar-refractivity contribution in [2.45, 2.75) is 45.4 Å². The summed E-state index contributed by atoms with van der Waals surface area (Å²) >= 11 is 0. The van der Waals surface area contributed by atoms with E-state index < -0.39 is 23.6 Å². The average molecular weight is 279 g/mol. The third-order valence-electron chi connectivity index (χ3n) is 2.34. The van der Waals surface area contributed by atoms with Crippen LogP contribution < -0.4 is 5.73 Å². The van der Waals surface area contributed by atoms with Gasteiger partial charge >= 0.3 is 11.9 Å². The maximum absolute atomic E-state index is 11.6. The molecule has 110 valence electrons. The van der Waals surface area contributed by atoms with E-state index in [2.05, 4.69) is 0 Å². The Balaban J connectivity index is 2.36. The van der Waals surface area contributed by atoms with Crippen molar-refractivity contribution in [1.82, 2.24) is 0 Å². The Morgan fingerprint density at radius 2 is 1.80 bits per heavy atom. The first-order valence-electron chi connectivity index (χ1n) is 6.46. The maximum atomic E-state index is 11.6. The molecule has 1 aromatic rings. The number of esters is 2. The normalized spacial score (nSPS) is 12.6. The quantitative estimate of drug-likeness (QED) is 0.831. The van der Waals surface area contributed by atoms with Gasteiger partial charge in [0.15, 0.2) is 0 Å². The molecule has 0 aliphatic heterocycles. The van der Waals surface area contributed by atoms with Crippen LogP contribution in [0.2, 0.25) is 0 Å². The van der Waals surface area contributed by atoms with Crippen LogP contribution in [0.4, 0.5) is 0 Å². The second-order valence-electron chi connectivity index (χ2n) is 5.49. The molecule has 0 aliphatic carbocycles. The molecule has 2 N–H and O–H groups in total. The van der Waals surface area contributed by atoms with Crippen molar-refractivity contribution in [3.8, 4) is 0 Å². The molecule has 0 amide bonds. The number of carbonyl (C=O) groups excluding carboxylic acids is 2. The van der Waals surface area contributed by atoms with Gasteiger partial charge in [0.25, 0.3) is 0 Å². The molecular formula is C15H21NO4. The van der Waals surface area contributed by atoms with Gasteiger partial charge in [0.1, 0.15) is 18.2 Å². The summed E-state index contributed by atoms with van der Waals surface area (Å²) in [4.78, 5) is 23.2. The van der Waals surface area contributed by atoms with E-state index in [-0.39, 0.29) is 13.0 Å². The van der Waals surface area contributed by atoms with Gasteiger partial charge in [0, 0.05) is 0 Å². The Bertz CT molecular complexity index is 451. The topological polar surface area (TPSA) is 78.6 Å². The first kappa shape index (κ1) is 16.2. The largest absolute Gasteiger partial charge is 0.461 e. The van der Waals surface area contributed by atoms with E-state index >= 15 is 0 Å². The van der Waals surface area contributed by atoms with Crippen molar-refractivity contribution in [1.29, 1.82) is 0 Å². The summed E-state index contributed by atoms with van der Waals surface area (Å²) in [7, 11) is 0. The van der Waals surface area contributed by atoms with Crippen LogP contribution in [-0.2, 0) is 25.7 Å². The van der Waals surface area contributed by atoms with Crippen LogP contribution in [0.1, 0.15) is 32.8 Å². The van der Waals surface area contributed by atoms with Crippen molar-refractivity contribution >= 4 is 11.9 Å². The van der Waals surface area contributed by atoms with Crippen molar-refractivity contribution in [3.05, 3.63) is 35.9 Å². The summed E-state index contributed by atoms with van der Waals surface area (Å²) in [6.45, 7) is 5.39. The maximum Gasteiger partial charge on any atom is 0.324 e. The zero-order chi connectivity index (χ0) is 15.2. The van der Waals surface area contributed by atoms with Crippen LogP contribution >= 0.6 is 0 Å². The fraction of sp³-hybridized carbons (Fsp3) is 0.467. The standard InChI is InChI=1S/C15H21NO4/c1-15(2,3)20-14(18)12(16)9-13(17)19-10-11-7-5-4-6-8-11/h4-8,12H,9-10,16H2,1-3H3/t12-/m1/s1. The molecule has 1 atom stereocenters. The van der Waals surface area contributed by atoms with E-state index in [1.165, 1.54) is 0 Å². The van der Waals surface area contributed by atoms with Gasteiger partial charge in [0.05, 0.1) is 6.42 Å². The molecule has 0 saturated carbocycles. The zero-order valence-electron chi connectivity index (χ0n) is 12.1. The van der Waals surface area contributed by atoms with E-state index in [1.807, 2.05) is 30.3 Å². The van der Waals surface area contributed by atoms with Gasteiger partial charge in [-0.25, -0.2) is 0 Å². The molecule has 1 rings (SSSR count). The zero-order valence-corrected chi connectivity index (χ0v) is 12.1. The lowest BCUT2D eigenvalue weighted by Crippen LogP contribution is -2.39. The number of benzene rings is 1. The number of carbonyl (C=O) groups is 2. The SMILES string of the molecule is CC(C)(C)OC(=O)[C@H](N)CC(=O)OCc1ccccc1. The van der Waals surface area contributed by atoms with E-state index in [0.29, 0.717) is 0 Å². The fourth-order valence-electron chi connectivity index (χ4n) is 1.44.